The molecule has 0 bridgehead atoms. The minimum Gasteiger partial charge on any atom is -0.493 e. The fraction of sp³-hybridized carbons (Fsp3) is 0.250. The lowest BCUT2D eigenvalue weighted by molar-refractivity contribution is -0.143. The Labute approximate surface area is 240 Å². The number of hydrogen-bond acceptors (Lipinski definition) is 4. The summed E-state index contributed by atoms with van der Waals surface area (Å²) in [6.07, 6.45) is -0.343. The van der Waals surface area contributed by atoms with Crippen molar-refractivity contribution in [2.45, 2.75) is 46.8 Å². The van der Waals surface area contributed by atoms with Crippen molar-refractivity contribution < 1.29 is 34.8 Å². The summed E-state index contributed by atoms with van der Waals surface area (Å²) >= 11 is 0. The summed E-state index contributed by atoms with van der Waals surface area (Å²) < 4.78 is 11.3. The van der Waals surface area contributed by atoms with E-state index in [0.29, 0.717) is 29.2 Å². The van der Waals surface area contributed by atoms with Crippen LogP contribution in [0.4, 0.5) is 4.79 Å². The Balaban J connectivity index is -0.000000173. The maximum atomic E-state index is 13.0. The fourth-order valence-corrected chi connectivity index (χ4v) is 3.16. The summed E-state index contributed by atoms with van der Waals surface area (Å²) in [5, 5.41) is 5.43. The number of esters is 1. The van der Waals surface area contributed by atoms with Gasteiger partial charge in [0.2, 0.25) is 0 Å². The van der Waals surface area contributed by atoms with Crippen molar-refractivity contribution in [1.82, 2.24) is 10.6 Å². The lowest BCUT2D eigenvalue weighted by Crippen LogP contribution is -2.45. The molecule has 1 heterocycles. The van der Waals surface area contributed by atoms with Gasteiger partial charge in [0.1, 0.15) is 5.75 Å². The van der Waals surface area contributed by atoms with Crippen molar-refractivity contribution in [2.24, 2.45) is 0 Å². The van der Waals surface area contributed by atoms with Crippen LogP contribution in [0.1, 0.15) is 67.5 Å². The molecule has 0 spiro atoms. The zero-order chi connectivity index (χ0) is 27.8. The lowest BCUT2D eigenvalue weighted by Gasteiger charge is -2.30. The zero-order valence-electron chi connectivity index (χ0n) is 21.7. The van der Waals surface area contributed by atoms with Crippen molar-refractivity contribution in [2.75, 3.05) is 6.61 Å². The van der Waals surface area contributed by atoms with Crippen molar-refractivity contribution >= 4 is 12.0 Å². The molecule has 1 atom stereocenters. The Morgan fingerprint density at radius 1 is 0.974 bits per heavy atom. The van der Waals surface area contributed by atoms with E-state index in [0.717, 1.165) is 0 Å². The van der Waals surface area contributed by atoms with E-state index >= 15 is 0 Å². The average molecular weight is 523 g/mol. The molecule has 2 amide bonds. The predicted molar refractivity (Wildman–Crippen MR) is 168 cm³/mol. The third kappa shape index (κ3) is 8.89. The van der Waals surface area contributed by atoms with Crippen LogP contribution >= 0.6 is 0 Å². The molecular formula is C32H46N2O4. The van der Waals surface area contributed by atoms with Gasteiger partial charge in [0.25, 0.3) is 0 Å². The fourth-order valence-electron chi connectivity index (χ4n) is 3.16. The highest BCUT2D eigenvalue weighted by Gasteiger charge is 2.35. The molecule has 208 valence electrons. The van der Waals surface area contributed by atoms with Gasteiger partial charge in [-0.3, -0.25) is 0 Å². The van der Waals surface area contributed by atoms with Gasteiger partial charge in [-0.05, 0) is 118 Å². The first-order chi connectivity index (χ1) is 18.4. The van der Waals surface area contributed by atoms with Gasteiger partial charge in [-0.15, -0.1) is 0 Å². The largest absolute Gasteiger partial charge is 0.493 e. The van der Waals surface area contributed by atoms with Crippen LogP contribution in [0.3, 0.4) is 0 Å². The molecule has 1 aromatic rings. The molecule has 1 aromatic carbocycles. The highest BCUT2D eigenvalue weighted by atomic mass is 16.5. The molecule has 0 aliphatic carbocycles. The van der Waals surface area contributed by atoms with Crippen molar-refractivity contribution in [3.63, 3.8) is 0 Å². The first kappa shape index (κ1) is 28.7. The van der Waals surface area contributed by atoms with Crippen molar-refractivity contribution in [3.8, 4) is 88.6 Å². The minimum atomic E-state index is -0.843. The number of amides is 2. The minimum absolute atomic E-state index is 0. The number of carbonyl (C=O) groups excluding carboxylic acids is 2. The molecule has 1 aliphatic rings. The molecule has 0 saturated carbocycles. The lowest BCUT2D eigenvalue weighted by atomic mass is 9.91. The van der Waals surface area contributed by atoms with E-state index in [-0.39, 0.29) is 27.4 Å². The van der Waals surface area contributed by atoms with E-state index in [9.17, 15) is 9.59 Å². The van der Waals surface area contributed by atoms with Crippen molar-refractivity contribution in [3.05, 3.63) is 40.6 Å². The van der Waals surface area contributed by atoms with Crippen LogP contribution < -0.4 is 15.4 Å². The molecule has 1 aliphatic heterocycles. The Bertz CT molecular complexity index is 1620. The van der Waals surface area contributed by atoms with Crippen LogP contribution in [0.5, 0.6) is 5.75 Å². The number of rotatable bonds is 5. The Morgan fingerprint density at radius 2 is 1.55 bits per heavy atom. The number of ether oxygens (including phenoxy) is 2. The molecule has 0 radical (unpaired) electrons. The van der Waals surface area contributed by atoms with E-state index in [2.05, 4.69) is 93.5 Å². The Kier molecular flexibility index (Phi) is 11.6. The molecular weight excluding hydrogens is 476 g/mol. The Morgan fingerprint density at radius 3 is 2.11 bits per heavy atom. The number of hydrogen-bond donors (Lipinski definition) is 2. The standard InChI is InChI=1S/C32H24N2O4.11H2/c1-6-8-9-10-11-12-13-14-15-16-17-18-19-21-26-22-20-23-27(37-7-2)29(26)30-28(31(35)38-24(3)4)25(5)33-32(36)34-30;;;;;;;;;;;/h20,22-24,30H,7H2,1-5H3,(H2,33,34,36);11*1H. The summed E-state index contributed by atoms with van der Waals surface area (Å²) in [6, 6.07) is 3.98. The molecule has 2 rings (SSSR count). The third-order valence-corrected chi connectivity index (χ3v) is 4.50. The van der Waals surface area contributed by atoms with E-state index in [1.807, 2.05) is 6.92 Å². The van der Waals surface area contributed by atoms with Crippen molar-refractivity contribution in [1.29, 1.82) is 0 Å². The Hall–Kier alpha value is -5.58. The summed E-state index contributed by atoms with van der Waals surface area (Å²) in [7, 11) is 0. The van der Waals surface area contributed by atoms with Gasteiger partial charge in [0, 0.05) is 32.5 Å². The summed E-state index contributed by atoms with van der Waals surface area (Å²) in [6.45, 7) is 9.05. The molecule has 38 heavy (non-hydrogen) atoms. The van der Waals surface area contributed by atoms with E-state index in [1.165, 1.54) is 0 Å². The summed E-state index contributed by atoms with van der Waals surface area (Å²) in [5.74, 6) is 36.5. The first-order valence-electron chi connectivity index (χ1n) is 11.6. The van der Waals surface area contributed by atoms with Gasteiger partial charge in [-0.2, -0.15) is 0 Å². The van der Waals surface area contributed by atoms with Gasteiger partial charge >= 0.3 is 12.0 Å². The molecule has 0 aromatic heterocycles. The van der Waals surface area contributed by atoms with E-state index < -0.39 is 18.0 Å². The van der Waals surface area contributed by atoms with Crippen LogP contribution in [0.15, 0.2) is 29.5 Å². The topological polar surface area (TPSA) is 76.7 Å². The second-order valence-corrected chi connectivity index (χ2v) is 7.55. The number of urea groups is 1. The number of carbonyl (C=O) groups is 2. The molecule has 6 nitrogen and oxygen atoms in total. The van der Waals surface area contributed by atoms with Gasteiger partial charge < -0.3 is 20.1 Å². The number of nitrogens with one attached hydrogen (secondary N) is 2. The molecule has 6 heteroatoms. The van der Waals surface area contributed by atoms with Gasteiger partial charge in [-0.25, -0.2) is 9.59 Å². The highest BCUT2D eigenvalue weighted by Crippen LogP contribution is 2.36. The maximum absolute atomic E-state index is 13.0. The second-order valence-electron chi connectivity index (χ2n) is 7.55. The SMILES string of the molecule is CC#CC#CC#CC#CC#CC#CC#Cc1cccc(OCC)c1C1NC(=O)NC(C)=C1C(=O)OC(C)C.[HH].[HH].[HH].[HH].[HH].[HH].[HH].[HH].[HH].[HH].[HH]. The molecule has 2 N–H and O–H groups in total. The smallest absolute Gasteiger partial charge is 0.338 e. The third-order valence-electron chi connectivity index (χ3n) is 4.50. The van der Waals surface area contributed by atoms with Crippen LogP contribution in [0, 0.1) is 82.9 Å². The predicted octanol–water partition coefficient (Wildman–Crippen LogP) is 5.76. The van der Waals surface area contributed by atoms with Gasteiger partial charge in [0.05, 0.1) is 24.3 Å². The van der Waals surface area contributed by atoms with Crippen LogP contribution in [-0.2, 0) is 9.53 Å². The van der Waals surface area contributed by atoms with Gasteiger partial charge in [0.15, 0.2) is 0 Å². The molecule has 0 fully saturated rings. The van der Waals surface area contributed by atoms with Crippen LogP contribution in [-0.4, -0.2) is 24.7 Å². The van der Waals surface area contributed by atoms with Crippen LogP contribution in [0.25, 0.3) is 0 Å². The van der Waals surface area contributed by atoms with E-state index in [1.54, 1.807) is 45.9 Å². The summed E-state index contributed by atoms with van der Waals surface area (Å²) in [4.78, 5) is 25.3. The maximum Gasteiger partial charge on any atom is 0.338 e. The average Bonchev–Trinajstić information content (AvgIpc) is 2.86. The van der Waals surface area contributed by atoms with E-state index in [4.69, 9.17) is 9.47 Å². The monoisotopic (exact) mass is 522 g/mol. The number of benzene rings is 1. The van der Waals surface area contributed by atoms with Gasteiger partial charge in [-0.1, -0.05) is 17.9 Å². The number of allylic oxidation sites excluding steroid dienone is 1. The zero-order valence-corrected chi connectivity index (χ0v) is 21.7. The second kappa shape index (κ2) is 15.4. The highest BCUT2D eigenvalue weighted by molar-refractivity contribution is 5.95. The summed E-state index contributed by atoms with van der Waals surface area (Å²) in [5.41, 5.74) is 1.70. The first-order valence-corrected chi connectivity index (χ1v) is 11.6. The van der Waals surface area contributed by atoms with Crippen LogP contribution in [0.2, 0.25) is 0 Å². The molecule has 1 unspecified atom stereocenters. The molecule has 0 saturated heterocycles. The normalized spacial score (nSPS) is 12.5. The quantitative estimate of drug-likeness (QED) is 0.381.